The van der Waals surface area contributed by atoms with Crippen LogP contribution in [0.25, 0.3) is 0 Å². The average Bonchev–Trinajstić information content (AvgIpc) is 2.64. The molecule has 0 saturated heterocycles. The highest BCUT2D eigenvalue weighted by Crippen LogP contribution is 2.64. The highest BCUT2D eigenvalue weighted by Gasteiger charge is 2.96. The number of carbonyl (C=O) groups is 1. The predicted octanol–water partition coefficient (Wildman–Crippen LogP) is 4.89. The lowest BCUT2D eigenvalue weighted by atomic mass is 9.91. The molecule has 0 aromatic rings. The molecular formula is C11H4F19NO4S. The topological polar surface area (TPSA) is 74.7 Å². The largest absolute Gasteiger partial charge is 0.476 e. The van der Waals surface area contributed by atoms with Gasteiger partial charge in [0.15, 0.2) is 0 Å². The number of alkyl halides is 19. The molecule has 216 valence electrons. The second-order valence-corrected chi connectivity index (χ2v) is 8.29. The maximum absolute atomic E-state index is 13.7. The minimum Gasteiger partial charge on any atom is -0.476 e. The molecule has 36 heavy (non-hydrogen) atoms. The third-order valence-corrected chi connectivity index (χ3v) is 5.89. The van der Waals surface area contributed by atoms with E-state index in [2.05, 4.69) is 0 Å². The van der Waals surface area contributed by atoms with Crippen molar-refractivity contribution in [3.8, 4) is 0 Å². The molecule has 0 atom stereocenters. The molecule has 0 rings (SSSR count). The molecular weight excluding hydrogens is 603 g/mol. The summed E-state index contributed by atoms with van der Waals surface area (Å²) in [5.41, 5.74) is 0. The summed E-state index contributed by atoms with van der Waals surface area (Å²) in [7, 11) is -9.53. The summed E-state index contributed by atoms with van der Waals surface area (Å²) in [6.45, 7) is 0. The first-order chi connectivity index (χ1) is 15.1. The Bertz CT molecular complexity index is 968. The fraction of sp³-hybridized carbons (Fsp3) is 0.909. The normalized spacial score (nSPS) is 16.5. The Labute approximate surface area is 183 Å². The van der Waals surface area contributed by atoms with Crippen molar-refractivity contribution < 1.29 is 102 Å². The molecule has 25 heteroatoms. The van der Waals surface area contributed by atoms with Crippen LogP contribution in [0.4, 0.5) is 83.4 Å². The molecule has 0 aromatic heterocycles. The molecule has 0 aliphatic heterocycles. The molecule has 0 aromatic carbocycles. The van der Waals surface area contributed by atoms with Gasteiger partial charge in [-0.15, -0.1) is 4.31 Å². The van der Waals surface area contributed by atoms with Gasteiger partial charge < -0.3 is 5.11 Å². The SMILES string of the molecule is CN(C(F)(F)C(=O)O)S(=O)(=O)C(F)(F)C(F)(F)C(F)(F)C(F)(F)C(F)(F)C(F)(F)C(F)(F)C(F)(F)F. The van der Waals surface area contributed by atoms with Crippen LogP contribution in [0.2, 0.25) is 0 Å². The third kappa shape index (κ3) is 3.99. The molecule has 0 unspecified atom stereocenters. The number of carboxylic acid groups (broad SMARTS) is 1. The standard InChI is InChI=1S/C11H4F19NO4S/c1-31(3(12,13)2(32)33)36(34,35)11(29,30)9(24,25)7(20,21)5(16,17)4(14,15)6(18,19)8(22,23)10(26,27)28/h1H3,(H,32,33). The Kier molecular flexibility index (Phi) is 7.83. The van der Waals surface area contributed by atoms with Crippen LogP contribution in [0.1, 0.15) is 0 Å². The van der Waals surface area contributed by atoms with E-state index in [4.69, 9.17) is 5.11 Å². The van der Waals surface area contributed by atoms with E-state index in [-0.39, 0.29) is 0 Å². The maximum Gasteiger partial charge on any atom is 0.460 e. The molecule has 0 aliphatic carbocycles. The summed E-state index contributed by atoms with van der Waals surface area (Å²) in [4.78, 5) is 10.2. The van der Waals surface area contributed by atoms with E-state index in [9.17, 15) is 96.6 Å². The van der Waals surface area contributed by atoms with Crippen molar-refractivity contribution in [3.05, 3.63) is 0 Å². The zero-order chi connectivity index (χ0) is 30.2. The van der Waals surface area contributed by atoms with Crippen molar-refractivity contribution in [2.75, 3.05) is 7.05 Å². The summed E-state index contributed by atoms with van der Waals surface area (Å²) in [5, 5.41) is -0.324. The molecule has 0 fully saturated rings. The Morgan fingerprint density at radius 1 is 0.556 bits per heavy atom. The van der Waals surface area contributed by atoms with Gasteiger partial charge in [0.25, 0.3) is 10.0 Å². The van der Waals surface area contributed by atoms with Gasteiger partial charge >= 0.3 is 59.0 Å². The van der Waals surface area contributed by atoms with Crippen molar-refractivity contribution >= 4 is 16.0 Å². The van der Waals surface area contributed by atoms with Gasteiger partial charge in [-0.25, -0.2) is 13.2 Å². The zero-order valence-corrected chi connectivity index (χ0v) is 16.5. The Morgan fingerprint density at radius 2 is 0.806 bits per heavy atom. The Morgan fingerprint density at radius 3 is 1.06 bits per heavy atom. The van der Waals surface area contributed by atoms with Crippen molar-refractivity contribution in [1.82, 2.24) is 4.31 Å². The highest BCUT2D eigenvalue weighted by molar-refractivity contribution is 7.90. The Balaban J connectivity index is 7.15. The van der Waals surface area contributed by atoms with Crippen molar-refractivity contribution in [3.63, 3.8) is 0 Å². The second kappa shape index (κ2) is 8.28. The first-order valence-corrected chi connectivity index (χ1v) is 8.85. The van der Waals surface area contributed by atoms with Gasteiger partial charge in [0.1, 0.15) is 0 Å². The van der Waals surface area contributed by atoms with Gasteiger partial charge in [-0.2, -0.15) is 83.4 Å². The maximum atomic E-state index is 13.7. The van der Waals surface area contributed by atoms with E-state index in [1.165, 1.54) is 0 Å². The number of sulfonamides is 1. The summed E-state index contributed by atoms with van der Waals surface area (Å²) in [6.07, 6.45) is -8.01. The molecule has 0 bridgehead atoms. The van der Waals surface area contributed by atoms with Gasteiger partial charge in [-0.05, 0) is 0 Å². The number of carboxylic acids is 1. The molecule has 0 aliphatic rings. The monoisotopic (exact) mass is 607 g/mol. The van der Waals surface area contributed by atoms with Crippen LogP contribution >= 0.6 is 0 Å². The van der Waals surface area contributed by atoms with Crippen LogP contribution in [-0.4, -0.2) is 83.9 Å². The molecule has 1 N–H and O–H groups in total. The Hall–Kier alpha value is -1.95. The van der Waals surface area contributed by atoms with Gasteiger partial charge in [0.05, 0.1) is 0 Å². The average molecular weight is 607 g/mol. The van der Waals surface area contributed by atoms with E-state index in [1.807, 2.05) is 0 Å². The third-order valence-electron chi connectivity index (χ3n) is 4.03. The first-order valence-electron chi connectivity index (χ1n) is 7.41. The number of aliphatic carboxylic acids is 1. The van der Waals surface area contributed by atoms with Crippen LogP contribution in [0.3, 0.4) is 0 Å². The molecule has 0 radical (unpaired) electrons. The minimum atomic E-state index is -9.14. The molecule has 0 saturated carbocycles. The lowest BCUT2D eigenvalue weighted by Crippen LogP contribution is -2.75. The quantitative estimate of drug-likeness (QED) is 0.284. The fourth-order valence-electron chi connectivity index (χ4n) is 1.77. The van der Waals surface area contributed by atoms with Gasteiger partial charge in [0, 0.05) is 7.05 Å². The van der Waals surface area contributed by atoms with E-state index in [0.717, 1.165) is 0 Å². The zero-order valence-electron chi connectivity index (χ0n) is 15.7. The fourth-order valence-corrected chi connectivity index (χ4v) is 2.95. The van der Waals surface area contributed by atoms with E-state index >= 15 is 0 Å². The number of hydrogen-bond donors (Lipinski definition) is 1. The minimum absolute atomic E-state index is 1.10. The lowest BCUT2D eigenvalue weighted by Gasteiger charge is -2.43. The summed E-state index contributed by atoms with van der Waals surface area (Å²) >= 11 is 0. The smallest absolute Gasteiger partial charge is 0.460 e. The van der Waals surface area contributed by atoms with E-state index in [1.54, 1.807) is 0 Å². The molecule has 0 heterocycles. The van der Waals surface area contributed by atoms with E-state index < -0.39 is 80.4 Å². The number of hydrogen-bond acceptors (Lipinski definition) is 3. The molecule has 0 amide bonds. The van der Waals surface area contributed by atoms with Crippen LogP contribution in [0, 0.1) is 0 Å². The number of nitrogens with zero attached hydrogens (tertiary/aromatic N) is 1. The van der Waals surface area contributed by atoms with E-state index in [0.29, 0.717) is 0 Å². The molecule has 0 spiro atoms. The summed E-state index contributed by atoms with van der Waals surface area (Å²) in [6, 6.07) is -6.30. The van der Waals surface area contributed by atoms with Crippen molar-refractivity contribution in [2.45, 2.75) is 53.0 Å². The van der Waals surface area contributed by atoms with Crippen LogP contribution < -0.4 is 0 Å². The van der Waals surface area contributed by atoms with Crippen molar-refractivity contribution in [2.24, 2.45) is 0 Å². The van der Waals surface area contributed by atoms with Crippen LogP contribution in [0.5, 0.6) is 0 Å². The van der Waals surface area contributed by atoms with Crippen LogP contribution in [-0.2, 0) is 14.8 Å². The van der Waals surface area contributed by atoms with Crippen LogP contribution in [0.15, 0.2) is 0 Å². The lowest BCUT2D eigenvalue weighted by molar-refractivity contribution is -0.458. The second-order valence-electron chi connectivity index (χ2n) is 6.28. The summed E-state index contributed by atoms with van der Waals surface area (Å²) in [5.74, 6) is -57.3. The first kappa shape index (κ1) is 34.0. The highest BCUT2D eigenvalue weighted by atomic mass is 32.2. The molecule has 5 nitrogen and oxygen atoms in total. The van der Waals surface area contributed by atoms with Gasteiger partial charge in [-0.1, -0.05) is 0 Å². The number of halogens is 19. The van der Waals surface area contributed by atoms with Crippen molar-refractivity contribution in [1.29, 1.82) is 0 Å². The number of rotatable bonds is 10. The van der Waals surface area contributed by atoms with Gasteiger partial charge in [0.2, 0.25) is 0 Å². The number of likely N-dealkylation sites (N-methyl/N-ethyl adjacent to an activating group) is 1. The van der Waals surface area contributed by atoms with Gasteiger partial charge in [-0.3, -0.25) is 0 Å². The summed E-state index contributed by atoms with van der Waals surface area (Å²) < 4.78 is 268. The predicted molar refractivity (Wildman–Crippen MR) is 69.9 cm³/mol.